The van der Waals surface area contributed by atoms with Crippen molar-refractivity contribution < 1.29 is 4.74 Å². The summed E-state index contributed by atoms with van der Waals surface area (Å²) in [6, 6.07) is 9.81. The van der Waals surface area contributed by atoms with Crippen LogP contribution in [0.5, 0.6) is 5.75 Å². The van der Waals surface area contributed by atoms with E-state index in [0.717, 1.165) is 34.6 Å². The van der Waals surface area contributed by atoms with E-state index in [4.69, 9.17) is 10.5 Å². The van der Waals surface area contributed by atoms with Crippen LogP contribution < -0.4 is 15.8 Å². The molecule has 0 aliphatic rings. The lowest BCUT2D eigenvalue weighted by molar-refractivity contribution is 0.315. The van der Waals surface area contributed by atoms with E-state index in [1.54, 1.807) is 6.20 Å². The molecule has 2 aromatic rings. The fraction of sp³-hybridized carbons (Fsp3) is 0.267. The topological polar surface area (TPSA) is 60.2 Å². The number of halogens is 1. The van der Waals surface area contributed by atoms with Gasteiger partial charge in [-0.1, -0.05) is 18.2 Å². The Kier molecular flexibility index (Phi) is 5.24. The van der Waals surface area contributed by atoms with Gasteiger partial charge in [-0.2, -0.15) is 0 Å². The summed E-state index contributed by atoms with van der Waals surface area (Å²) in [6.07, 6.45) is 2.56. The largest absolute Gasteiger partial charge is 0.494 e. The van der Waals surface area contributed by atoms with Crippen molar-refractivity contribution in [3.8, 4) is 5.75 Å². The smallest absolute Gasteiger partial charge is 0.140 e. The minimum atomic E-state index is 0.669. The highest BCUT2D eigenvalue weighted by atomic mass is 79.9. The van der Waals surface area contributed by atoms with E-state index in [1.165, 1.54) is 0 Å². The van der Waals surface area contributed by atoms with Crippen LogP contribution in [0.1, 0.15) is 12.0 Å². The summed E-state index contributed by atoms with van der Waals surface area (Å²) >= 11 is 3.50. The zero-order valence-electron chi connectivity index (χ0n) is 11.4. The lowest BCUT2D eigenvalue weighted by Crippen LogP contribution is -2.09. The van der Waals surface area contributed by atoms with Crippen molar-refractivity contribution in [3.05, 3.63) is 46.6 Å². The zero-order chi connectivity index (χ0) is 14.4. The Bertz CT molecular complexity index is 561. The quantitative estimate of drug-likeness (QED) is 0.791. The standard InChI is InChI=1S/C15H18BrN3O/c1-11-13(17)10-19-15(14(11)16)18-8-5-9-20-12-6-3-2-4-7-12/h2-4,6-7,10H,5,8-9,17H2,1H3,(H,18,19). The Morgan fingerprint density at radius 3 is 2.80 bits per heavy atom. The summed E-state index contributed by atoms with van der Waals surface area (Å²) in [4.78, 5) is 4.27. The van der Waals surface area contributed by atoms with Crippen molar-refractivity contribution in [1.29, 1.82) is 0 Å². The van der Waals surface area contributed by atoms with E-state index in [9.17, 15) is 0 Å². The molecule has 0 fully saturated rings. The third-order valence-electron chi connectivity index (χ3n) is 2.93. The number of ether oxygens (including phenoxy) is 1. The maximum atomic E-state index is 5.79. The van der Waals surface area contributed by atoms with Crippen molar-refractivity contribution >= 4 is 27.4 Å². The molecular formula is C15H18BrN3O. The summed E-state index contributed by atoms with van der Waals surface area (Å²) < 4.78 is 6.54. The summed E-state index contributed by atoms with van der Waals surface area (Å²) in [6.45, 7) is 3.43. The van der Waals surface area contributed by atoms with Crippen LogP contribution in [0.2, 0.25) is 0 Å². The van der Waals surface area contributed by atoms with Gasteiger partial charge >= 0.3 is 0 Å². The van der Waals surface area contributed by atoms with Crippen LogP contribution in [0.3, 0.4) is 0 Å². The Morgan fingerprint density at radius 1 is 1.30 bits per heavy atom. The number of anilines is 2. The number of rotatable bonds is 6. The molecule has 0 saturated heterocycles. The van der Waals surface area contributed by atoms with Crippen molar-refractivity contribution in [2.24, 2.45) is 0 Å². The number of nitrogens with one attached hydrogen (secondary N) is 1. The number of nitrogen functional groups attached to an aromatic ring is 1. The molecule has 0 aliphatic heterocycles. The summed E-state index contributed by atoms with van der Waals surface area (Å²) in [7, 11) is 0. The number of hydrogen-bond acceptors (Lipinski definition) is 4. The second-order valence-corrected chi connectivity index (χ2v) is 5.24. The lowest BCUT2D eigenvalue weighted by Gasteiger charge is -2.11. The van der Waals surface area contributed by atoms with Gasteiger partial charge in [0.1, 0.15) is 11.6 Å². The molecule has 0 bridgehead atoms. The number of nitrogens with zero attached hydrogens (tertiary/aromatic N) is 1. The summed E-state index contributed by atoms with van der Waals surface area (Å²) in [5, 5.41) is 3.27. The Morgan fingerprint density at radius 2 is 2.05 bits per heavy atom. The van der Waals surface area contributed by atoms with Gasteiger partial charge in [0.05, 0.1) is 23.0 Å². The summed E-state index contributed by atoms with van der Waals surface area (Å²) in [5.41, 5.74) is 7.48. The number of hydrogen-bond donors (Lipinski definition) is 2. The van der Waals surface area contributed by atoms with Gasteiger partial charge in [0.15, 0.2) is 0 Å². The highest BCUT2D eigenvalue weighted by Gasteiger charge is 2.06. The molecule has 2 rings (SSSR count). The molecule has 5 heteroatoms. The van der Waals surface area contributed by atoms with Crippen LogP contribution in [-0.2, 0) is 0 Å². The van der Waals surface area contributed by atoms with E-state index in [2.05, 4.69) is 26.2 Å². The number of nitrogens with two attached hydrogens (primary N) is 1. The molecule has 1 aromatic heterocycles. The van der Waals surface area contributed by atoms with Gasteiger partial charge in [-0.25, -0.2) is 4.98 Å². The first kappa shape index (κ1) is 14.7. The first-order valence-electron chi connectivity index (χ1n) is 6.51. The number of para-hydroxylation sites is 1. The fourth-order valence-electron chi connectivity index (χ4n) is 1.70. The molecule has 20 heavy (non-hydrogen) atoms. The van der Waals surface area contributed by atoms with Gasteiger partial charge in [-0.3, -0.25) is 0 Å². The Hall–Kier alpha value is -1.75. The normalized spacial score (nSPS) is 10.3. The molecule has 0 unspecified atom stereocenters. The third kappa shape index (κ3) is 3.87. The van der Waals surface area contributed by atoms with Crippen molar-refractivity contribution in [2.75, 3.05) is 24.2 Å². The van der Waals surface area contributed by atoms with Crippen LogP contribution in [0.15, 0.2) is 41.0 Å². The third-order valence-corrected chi connectivity index (χ3v) is 3.90. The van der Waals surface area contributed by atoms with Crippen molar-refractivity contribution in [2.45, 2.75) is 13.3 Å². The highest BCUT2D eigenvalue weighted by molar-refractivity contribution is 9.10. The number of aromatic nitrogens is 1. The Labute approximate surface area is 127 Å². The van der Waals surface area contributed by atoms with E-state index >= 15 is 0 Å². The molecule has 4 nitrogen and oxygen atoms in total. The minimum Gasteiger partial charge on any atom is -0.494 e. The van der Waals surface area contributed by atoms with Crippen molar-refractivity contribution in [1.82, 2.24) is 4.98 Å². The molecule has 0 amide bonds. The first-order chi connectivity index (χ1) is 9.68. The predicted molar refractivity (Wildman–Crippen MR) is 86.1 cm³/mol. The van der Waals surface area contributed by atoms with E-state index < -0.39 is 0 Å². The van der Waals surface area contributed by atoms with E-state index in [0.29, 0.717) is 12.3 Å². The van der Waals surface area contributed by atoms with Gasteiger partial charge in [-0.05, 0) is 47.0 Å². The first-order valence-corrected chi connectivity index (χ1v) is 7.30. The summed E-state index contributed by atoms with van der Waals surface area (Å²) in [5.74, 6) is 1.71. The maximum absolute atomic E-state index is 5.79. The molecule has 1 aromatic carbocycles. The molecule has 0 saturated carbocycles. The second kappa shape index (κ2) is 7.14. The molecule has 3 N–H and O–H groups in total. The van der Waals surface area contributed by atoms with Crippen LogP contribution >= 0.6 is 15.9 Å². The maximum Gasteiger partial charge on any atom is 0.140 e. The molecular weight excluding hydrogens is 318 g/mol. The number of benzene rings is 1. The number of pyridine rings is 1. The van der Waals surface area contributed by atoms with Gasteiger partial charge in [0.25, 0.3) is 0 Å². The zero-order valence-corrected chi connectivity index (χ0v) is 13.0. The van der Waals surface area contributed by atoms with Gasteiger partial charge in [0, 0.05) is 6.54 Å². The highest BCUT2D eigenvalue weighted by Crippen LogP contribution is 2.27. The minimum absolute atomic E-state index is 0.669. The van der Waals surface area contributed by atoms with Gasteiger partial charge in [-0.15, -0.1) is 0 Å². The molecule has 0 radical (unpaired) electrons. The SMILES string of the molecule is Cc1c(N)cnc(NCCCOc2ccccc2)c1Br. The molecule has 0 aliphatic carbocycles. The van der Waals surface area contributed by atoms with Crippen LogP contribution in [0, 0.1) is 6.92 Å². The van der Waals surface area contributed by atoms with Crippen LogP contribution in [0.25, 0.3) is 0 Å². The van der Waals surface area contributed by atoms with Crippen LogP contribution in [0.4, 0.5) is 11.5 Å². The second-order valence-electron chi connectivity index (χ2n) is 4.44. The Balaban J connectivity index is 1.75. The van der Waals surface area contributed by atoms with Gasteiger partial charge < -0.3 is 15.8 Å². The van der Waals surface area contributed by atoms with Gasteiger partial charge in [0.2, 0.25) is 0 Å². The predicted octanol–water partition coefficient (Wildman–Crippen LogP) is 3.62. The van der Waals surface area contributed by atoms with Crippen LogP contribution in [-0.4, -0.2) is 18.1 Å². The molecule has 1 heterocycles. The van der Waals surface area contributed by atoms with E-state index in [-0.39, 0.29) is 0 Å². The molecule has 0 spiro atoms. The van der Waals surface area contributed by atoms with Crippen molar-refractivity contribution in [3.63, 3.8) is 0 Å². The monoisotopic (exact) mass is 335 g/mol. The lowest BCUT2D eigenvalue weighted by atomic mass is 10.2. The fourth-order valence-corrected chi connectivity index (χ4v) is 2.17. The average Bonchev–Trinajstić information content (AvgIpc) is 2.48. The van der Waals surface area contributed by atoms with E-state index in [1.807, 2.05) is 37.3 Å². The molecule has 106 valence electrons. The molecule has 0 atom stereocenters. The average molecular weight is 336 g/mol.